The predicted octanol–water partition coefficient (Wildman–Crippen LogP) is 5.96. The molecule has 58 heavy (non-hydrogen) atoms. The molecule has 1 aromatic heterocycles. The summed E-state index contributed by atoms with van der Waals surface area (Å²) in [6.07, 6.45) is 2.01. The normalized spacial score (nSPS) is 36.7. The molecule has 2 aromatic rings. The molecule has 0 radical (unpaired) electrons. The van der Waals surface area contributed by atoms with Gasteiger partial charge in [-0.2, -0.15) is 0 Å². The summed E-state index contributed by atoms with van der Waals surface area (Å²) in [7, 11) is 3.77. The second-order valence-electron chi connectivity index (χ2n) is 17.1. The van der Waals surface area contributed by atoms with Gasteiger partial charge in [-0.05, 0) is 85.2 Å². The number of pyridine rings is 1. The molecule has 13 heteroatoms. The number of ether oxygens (including phenoxy) is 4. The first-order chi connectivity index (χ1) is 27.4. The maximum Gasteiger partial charge on any atom is 0.316 e. The maximum atomic E-state index is 14.5. The molecule has 0 bridgehead atoms. The van der Waals surface area contributed by atoms with Crippen LogP contribution in [0, 0.1) is 23.7 Å². The van der Waals surface area contributed by atoms with Crippen molar-refractivity contribution in [3.63, 3.8) is 0 Å². The average Bonchev–Trinajstić information content (AvgIpc) is 3.19. The van der Waals surface area contributed by atoms with Crippen LogP contribution in [-0.4, -0.2) is 124 Å². The molecule has 0 saturated carbocycles. The van der Waals surface area contributed by atoms with Gasteiger partial charge in [-0.1, -0.05) is 76.5 Å². The fourth-order valence-corrected chi connectivity index (χ4v) is 8.49. The van der Waals surface area contributed by atoms with Crippen molar-refractivity contribution in [1.29, 1.82) is 0 Å². The van der Waals surface area contributed by atoms with Gasteiger partial charge in [-0.15, -0.1) is 0 Å². The Hall–Kier alpha value is -3.30. The van der Waals surface area contributed by atoms with Crippen molar-refractivity contribution >= 4 is 34.4 Å². The van der Waals surface area contributed by atoms with Crippen molar-refractivity contribution in [2.45, 2.75) is 148 Å². The van der Waals surface area contributed by atoms with Crippen LogP contribution in [0.15, 0.2) is 47.8 Å². The molecule has 324 valence electrons. The number of nitrogens with zero attached hydrogens (tertiary/aromatic N) is 3. The number of hydrogen-bond donors (Lipinski definition) is 3. The van der Waals surface area contributed by atoms with Gasteiger partial charge in [-0.3, -0.25) is 14.6 Å². The summed E-state index contributed by atoms with van der Waals surface area (Å²) in [6.45, 7) is 16.3. The summed E-state index contributed by atoms with van der Waals surface area (Å²) >= 11 is 0. The Morgan fingerprint density at radius 1 is 1.05 bits per heavy atom. The van der Waals surface area contributed by atoms with Crippen LogP contribution in [0.3, 0.4) is 0 Å². The van der Waals surface area contributed by atoms with E-state index < -0.39 is 77.3 Å². The third-order valence-corrected chi connectivity index (χ3v) is 12.1. The minimum absolute atomic E-state index is 0.0871. The van der Waals surface area contributed by atoms with E-state index in [1.54, 1.807) is 27.0 Å². The van der Waals surface area contributed by atoms with Crippen molar-refractivity contribution in [1.82, 2.24) is 9.88 Å². The summed E-state index contributed by atoms with van der Waals surface area (Å²) in [5.41, 5.74) is -1.01. The van der Waals surface area contributed by atoms with Crippen molar-refractivity contribution in [3.8, 4) is 0 Å². The molecule has 0 amide bonds. The highest BCUT2D eigenvalue weighted by Gasteiger charge is 2.52. The highest BCUT2D eigenvalue weighted by atomic mass is 16.7. The number of hydrogen-bond acceptors (Lipinski definition) is 13. The number of fused-ring (bicyclic) bond motifs is 1. The minimum Gasteiger partial charge on any atom is -0.459 e. The van der Waals surface area contributed by atoms with Crippen LogP contribution in [0.25, 0.3) is 17.0 Å². The Morgan fingerprint density at radius 2 is 1.76 bits per heavy atom. The summed E-state index contributed by atoms with van der Waals surface area (Å²) in [4.78, 5) is 40.6. The van der Waals surface area contributed by atoms with Crippen molar-refractivity contribution < 1.29 is 48.7 Å². The number of Topliss-reactive ketones (excluding diaryl/α,β-unsaturated/α-hetero) is 1. The number of likely N-dealkylation sites (N-methyl/N-ethyl adjacent to an activating group) is 1. The zero-order chi connectivity index (χ0) is 42.9. The van der Waals surface area contributed by atoms with E-state index in [1.807, 2.05) is 89.2 Å². The number of carbonyl (C=O) groups is 2. The first kappa shape index (κ1) is 47.4. The van der Waals surface area contributed by atoms with Crippen LogP contribution >= 0.6 is 0 Å². The van der Waals surface area contributed by atoms with Gasteiger partial charge in [-0.25, -0.2) is 0 Å². The lowest BCUT2D eigenvalue weighted by Gasteiger charge is -2.47. The van der Waals surface area contributed by atoms with Crippen LogP contribution in [0.1, 0.15) is 100.0 Å². The lowest BCUT2D eigenvalue weighted by Crippen LogP contribution is -2.60. The molecule has 4 rings (SSSR count). The molecule has 1 aromatic carbocycles. The number of benzene rings is 1. The van der Waals surface area contributed by atoms with Crippen LogP contribution in [-0.2, 0) is 33.4 Å². The molecule has 2 aliphatic rings. The largest absolute Gasteiger partial charge is 0.459 e. The number of esters is 1. The van der Waals surface area contributed by atoms with E-state index in [2.05, 4.69) is 10.1 Å². The molecule has 2 saturated heterocycles. The summed E-state index contributed by atoms with van der Waals surface area (Å²) in [5, 5.41) is 40.9. The highest BCUT2D eigenvalue weighted by molar-refractivity contribution is 6.00. The minimum atomic E-state index is -1.91. The number of carbonyl (C=O) groups excluding carboxylic acids is 2. The van der Waals surface area contributed by atoms with Crippen LogP contribution in [0.4, 0.5) is 0 Å². The van der Waals surface area contributed by atoms with Crippen molar-refractivity contribution in [2.24, 2.45) is 28.8 Å². The molecule has 2 fully saturated rings. The number of cyclic esters (lactones) is 1. The van der Waals surface area contributed by atoms with Crippen LogP contribution in [0.2, 0.25) is 0 Å². The molecule has 13 nitrogen and oxygen atoms in total. The zero-order valence-electron chi connectivity index (χ0n) is 36.5. The third kappa shape index (κ3) is 11.3. The van der Waals surface area contributed by atoms with Gasteiger partial charge in [0.25, 0.3) is 0 Å². The van der Waals surface area contributed by atoms with Gasteiger partial charge in [0.15, 0.2) is 12.1 Å². The Bertz CT molecular complexity index is 1720. The van der Waals surface area contributed by atoms with Gasteiger partial charge in [0, 0.05) is 35.4 Å². The Morgan fingerprint density at radius 3 is 2.43 bits per heavy atom. The molecular formula is C45H69N3O10. The number of para-hydroxylation sites is 1. The quantitative estimate of drug-likeness (QED) is 0.0998. The SMILES string of the molecule is CCCCO/N=C1\[C@H](C)C[C@](C)(OC/C=C/c2cnc3ccccc3c2)[C@H](O[C@@H]2O[C@H](C)C[C@H](N(C)C)[C@H]2O)[C@@H](C)C(=O)[C@@H](C)C(=O)O[C@@H](CC)[C@@](C)(O)[C@H](O)[C@@H]1C. The second-order valence-corrected chi connectivity index (χ2v) is 17.1. The molecule has 13 atom stereocenters. The fraction of sp³-hybridized carbons (Fsp3) is 0.689. The standard InChI is InChI=1S/C45H69N3O10/c1-12-14-22-55-47-37-27(3)25-44(8,54-21-17-18-32-24-33-19-15-16-20-34(33)46-26-32)41(58-43-39(50)35(48(10)11)23-28(4)56-43)30(6)38(49)31(7)42(52)57-36(13-2)45(9,53)40(51)29(37)5/h15-20,24,26-31,35-36,39-41,43,50-51,53H,12-14,21-23,25H2,1-11H3/b18-17+,47-37+/t27-,28-,29-,30+,31-,35+,36+,39-,40-,41-,43+,44+,45-/m1/s1. The summed E-state index contributed by atoms with van der Waals surface area (Å²) in [6, 6.07) is 9.60. The van der Waals surface area contributed by atoms with E-state index in [4.69, 9.17) is 23.8 Å². The Kier molecular flexibility index (Phi) is 17.0. The fourth-order valence-electron chi connectivity index (χ4n) is 8.49. The number of aliphatic hydroxyl groups is 3. The topological polar surface area (TPSA) is 169 Å². The number of rotatable bonds is 12. The highest BCUT2D eigenvalue weighted by Crippen LogP contribution is 2.39. The Labute approximate surface area is 345 Å². The van der Waals surface area contributed by atoms with Crippen LogP contribution in [0.5, 0.6) is 0 Å². The van der Waals surface area contributed by atoms with Crippen molar-refractivity contribution in [3.05, 3.63) is 48.2 Å². The maximum absolute atomic E-state index is 14.5. The summed E-state index contributed by atoms with van der Waals surface area (Å²) < 4.78 is 25.8. The lowest BCUT2D eigenvalue weighted by molar-refractivity contribution is -0.296. The number of aromatic nitrogens is 1. The van der Waals surface area contributed by atoms with Gasteiger partial charge in [0.1, 0.15) is 30.3 Å². The molecule has 0 unspecified atom stereocenters. The van der Waals surface area contributed by atoms with E-state index in [0.717, 1.165) is 29.3 Å². The molecule has 0 spiro atoms. The molecular weight excluding hydrogens is 743 g/mol. The Balaban J connectivity index is 1.85. The first-order valence-electron chi connectivity index (χ1n) is 21.0. The van der Waals surface area contributed by atoms with Gasteiger partial charge < -0.3 is 44.0 Å². The monoisotopic (exact) mass is 811 g/mol. The number of unbranched alkanes of at least 4 members (excludes halogenated alkanes) is 1. The third-order valence-electron chi connectivity index (χ3n) is 12.1. The zero-order valence-corrected chi connectivity index (χ0v) is 36.5. The lowest BCUT2D eigenvalue weighted by atomic mass is 9.74. The van der Waals surface area contributed by atoms with E-state index in [9.17, 15) is 24.9 Å². The van der Waals surface area contributed by atoms with E-state index in [1.165, 1.54) is 13.8 Å². The smallest absolute Gasteiger partial charge is 0.316 e. The molecule has 2 aliphatic heterocycles. The van der Waals surface area contributed by atoms with E-state index in [-0.39, 0.29) is 31.6 Å². The molecule has 3 heterocycles. The number of aliphatic hydroxyl groups excluding tert-OH is 2. The second kappa shape index (κ2) is 20.8. The van der Waals surface area contributed by atoms with Gasteiger partial charge in [0.05, 0.1) is 41.7 Å². The predicted molar refractivity (Wildman–Crippen MR) is 224 cm³/mol. The van der Waals surface area contributed by atoms with Gasteiger partial charge >= 0.3 is 5.97 Å². The first-order valence-corrected chi connectivity index (χ1v) is 21.0. The van der Waals surface area contributed by atoms with Gasteiger partial charge in [0.2, 0.25) is 0 Å². The van der Waals surface area contributed by atoms with E-state index in [0.29, 0.717) is 18.7 Å². The van der Waals surface area contributed by atoms with E-state index >= 15 is 0 Å². The van der Waals surface area contributed by atoms with Crippen LogP contribution < -0.4 is 0 Å². The molecule has 3 N–H and O–H groups in total. The number of oxime groups is 1. The average molecular weight is 812 g/mol. The summed E-state index contributed by atoms with van der Waals surface area (Å²) in [5.74, 6) is -4.80. The molecule has 0 aliphatic carbocycles. The number of ketones is 1. The van der Waals surface area contributed by atoms with Crippen molar-refractivity contribution in [2.75, 3.05) is 27.3 Å².